The summed E-state index contributed by atoms with van der Waals surface area (Å²) < 4.78 is 13.1. The van der Waals surface area contributed by atoms with E-state index in [9.17, 15) is 0 Å². The Bertz CT molecular complexity index is 271. The van der Waals surface area contributed by atoms with Crippen LogP contribution in [0.15, 0.2) is 0 Å². The number of hydrogen-bond donors (Lipinski definition) is 0. The van der Waals surface area contributed by atoms with Crippen molar-refractivity contribution in [3.63, 3.8) is 0 Å². The second-order valence-corrected chi connectivity index (χ2v) is 12.0. The molecule has 0 aromatic carbocycles. The molecule has 0 aliphatic rings. The second kappa shape index (κ2) is 12.5. The van der Waals surface area contributed by atoms with Gasteiger partial charge >= 0.3 is 0 Å². The Labute approximate surface area is 147 Å². The van der Waals surface area contributed by atoms with E-state index in [1.54, 1.807) is 0 Å². The largest absolute Gasteiger partial charge is 0.409 e. The summed E-state index contributed by atoms with van der Waals surface area (Å²) in [4.78, 5) is 0. The summed E-state index contributed by atoms with van der Waals surface area (Å²) in [6, 6.07) is 1.25. The third kappa shape index (κ3) is 8.69. The molecule has 0 bridgehead atoms. The number of rotatable bonds is 15. The van der Waals surface area contributed by atoms with E-state index in [1.807, 2.05) is 7.11 Å². The van der Waals surface area contributed by atoms with Crippen LogP contribution >= 0.6 is 0 Å². The maximum Gasteiger partial charge on any atom is 0.187 e. The van der Waals surface area contributed by atoms with Crippen molar-refractivity contribution in [3.05, 3.63) is 0 Å². The van der Waals surface area contributed by atoms with Gasteiger partial charge in [-0.15, -0.1) is 0 Å². The van der Waals surface area contributed by atoms with E-state index in [4.69, 9.17) is 9.16 Å². The van der Waals surface area contributed by atoms with E-state index >= 15 is 0 Å². The number of methoxy groups -OCH3 is 1. The van der Waals surface area contributed by atoms with Crippen LogP contribution in [0.4, 0.5) is 0 Å². The molecule has 0 saturated carbocycles. The summed E-state index contributed by atoms with van der Waals surface area (Å²) in [6.45, 7) is 13.9. The molecule has 0 radical (unpaired) electrons. The molecule has 0 aromatic rings. The zero-order valence-electron chi connectivity index (χ0n) is 17.2. The highest BCUT2D eigenvalue weighted by Gasteiger charge is 2.43. The molecule has 0 spiro atoms. The van der Waals surface area contributed by atoms with Crippen molar-refractivity contribution in [2.75, 3.05) is 7.11 Å². The van der Waals surface area contributed by atoms with Crippen molar-refractivity contribution in [1.29, 1.82) is 0 Å². The molecule has 1 unspecified atom stereocenters. The average Bonchev–Trinajstić information content (AvgIpc) is 2.51. The highest BCUT2D eigenvalue weighted by atomic mass is 28.4. The molecule has 140 valence electrons. The third-order valence-electron chi connectivity index (χ3n) is 4.93. The molecule has 0 amide bonds. The van der Waals surface area contributed by atoms with E-state index < -0.39 is 8.32 Å². The zero-order valence-corrected chi connectivity index (χ0v) is 18.2. The van der Waals surface area contributed by atoms with Gasteiger partial charge in [0.1, 0.15) is 0 Å². The summed E-state index contributed by atoms with van der Waals surface area (Å²) in [6.07, 6.45) is 12.3. The van der Waals surface area contributed by atoms with Crippen LogP contribution in [0.3, 0.4) is 0 Å². The highest BCUT2D eigenvalue weighted by Crippen LogP contribution is 2.37. The minimum atomic E-state index is -1.64. The average molecular weight is 345 g/mol. The van der Waals surface area contributed by atoms with E-state index in [0.717, 1.165) is 19.3 Å². The van der Waals surface area contributed by atoms with E-state index in [0.29, 0.717) is 0 Å². The van der Waals surface area contributed by atoms with Gasteiger partial charge in [0.2, 0.25) is 0 Å². The Balaban J connectivity index is 5.42. The van der Waals surface area contributed by atoms with Gasteiger partial charge < -0.3 is 9.16 Å². The molecule has 0 fully saturated rings. The zero-order chi connectivity index (χ0) is 17.8. The normalized spacial score (nSPS) is 14.2. The summed E-state index contributed by atoms with van der Waals surface area (Å²) >= 11 is 0. The van der Waals surface area contributed by atoms with Crippen molar-refractivity contribution < 1.29 is 9.16 Å². The highest BCUT2D eigenvalue weighted by molar-refractivity contribution is 6.71. The lowest BCUT2D eigenvalue weighted by Gasteiger charge is -2.45. The van der Waals surface area contributed by atoms with Crippen molar-refractivity contribution >= 4 is 8.32 Å². The van der Waals surface area contributed by atoms with Gasteiger partial charge in [0, 0.05) is 7.11 Å². The van der Waals surface area contributed by atoms with Crippen LogP contribution < -0.4 is 0 Å². The quantitative estimate of drug-likeness (QED) is 0.299. The third-order valence-corrected chi connectivity index (χ3v) is 7.59. The Kier molecular flexibility index (Phi) is 12.6. The number of hydrogen-bond acceptors (Lipinski definition) is 2. The van der Waals surface area contributed by atoms with E-state index in [2.05, 4.69) is 40.8 Å². The SMILES string of the molecule is CCCCC(OC)C(CCCC)(CCCC)O[Si](C)(C)CCC. The first-order chi connectivity index (χ1) is 10.9. The monoisotopic (exact) mass is 344 g/mol. The van der Waals surface area contributed by atoms with Gasteiger partial charge in [-0.3, -0.25) is 0 Å². The first-order valence-corrected chi connectivity index (χ1v) is 13.3. The molecule has 0 heterocycles. The predicted molar refractivity (Wildman–Crippen MR) is 106 cm³/mol. The van der Waals surface area contributed by atoms with Gasteiger partial charge in [0.25, 0.3) is 0 Å². The van der Waals surface area contributed by atoms with Crippen LogP contribution in [0.2, 0.25) is 19.1 Å². The smallest absolute Gasteiger partial charge is 0.187 e. The predicted octanol–water partition coefficient (Wildman–Crippen LogP) is 6.94. The van der Waals surface area contributed by atoms with Crippen molar-refractivity contribution in [2.24, 2.45) is 0 Å². The maximum absolute atomic E-state index is 7.03. The summed E-state index contributed by atoms with van der Waals surface area (Å²) in [5, 5.41) is 0. The molecule has 1 atom stereocenters. The Morgan fingerprint density at radius 3 is 1.74 bits per heavy atom. The molecular formula is C20H44O2Si. The number of ether oxygens (including phenoxy) is 1. The molecule has 0 rings (SSSR count). The van der Waals surface area contributed by atoms with Crippen LogP contribution in [0, 0.1) is 0 Å². The minimum absolute atomic E-state index is 0.0547. The number of unbranched alkanes of at least 4 members (excludes halogenated alkanes) is 3. The summed E-state index contributed by atoms with van der Waals surface area (Å²) in [5.41, 5.74) is -0.0547. The van der Waals surface area contributed by atoms with Gasteiger partial charge in [-0.1, -0.05) is 72.6 Å². The van der Waals surface area contributed by atoms with Crippen LogP contribution in [0.5, 0.6) is 0 Å². The lowest BCUT2D eigenvalue weighted by atomic mass is 9.83. The molecular weight excluding hydrogens is 300 g/mol. The van der Waals surface area contributed by atoms with Crippen molar-refractivity contribution in [3.8, 4) is 0 Å². The van der Waals surface area contributed by atoms with Gasteiger partial charge in [-0.05, 0) is 38.4 Å². The Morgan fingerprint density at radius 1 is 0.826 bits per heavy atom. The van der Waals surface area contributed by atoms with Crippen LogP contribution in [0.1, 0.15) is 91.9 Å². The van der Waals surface area contributed by atoms with Crippen LogP contribution in [0.25, 0.3) is 0 Å². The lowest BCUT2D eigenvalue weighted by Crippen LogP contribution is -2.52. The molecule has 23 heavy (non-hydrogen) atoms. The van der Waals surface area contributed by atoms with Crippen molar-refractivity contribution in [1.82, 2.24) is 0 Å². The Hall–Kier alpha value is 0.137. The lowest BCUT2D eigenvalue weighted by molar-refractivity contribution is -0.0969. The van der Waals surface area contributed by atoms with Gasteiger partial charge in [0.05, 0.1) is 11.7 Å². The van der Waals surface area contributed by atoms with Gasteiger partial charge in [0.15, 0.2) is 8.32 Å². The molecule has 2 nitrogen and oxygen atoms in total. The fraction of sp³-hybridized carbons (Fsp3) is 1.00. The van der Waals surface area contributed by atoms with Crippen molar-refractivity contribution in [2.45, 2.75) is 123 Å². The standard InChI is InChI=1S/C20H44O2Si/c1-8-12-15-19(21-5)20(16-13-9-2,17-14-10-3)22-23(6,7)18-11-4/h19H,8-18H2,1-7H3. The van der Waals surface area contributed by atoms with E-state index in [1.165, 1.54) is 51.0 Å². The molecule has 0 aromatic heterocycles. The Morgan fingerprint density at radius 2 is 1.35 bits per heavy atom. The molecule has 3 heteroatoms. The fourth-order valence-corrected chi connectivity index (χ4v) is 6.50. The fourth-order valence-electron chi connectivity index (χ4n) is 3.76. The second-order valence-electron chi connectivity index (χ2n) is 7.75. The van der Waals surface area contributed by atoms with Crippen LogP contribution in [-0.2, 0) is 9.16 Å². The van der Waals surface area contributed by atoms with Gasteiger partial charge in [-0.25, -0.2) is 0 Å². The molecule has 0 aliphatic carbocycles. The van der Waals surface area contributed by atoms with E-state index in [-0.39, 0.29) is 11.7 Å². The topological polar surface area (TPSA) is 18.5 Å². The first-order valence-electron chi connectivity index (χ1n) is 10.1. The summed E-state index contributed by atoms with van der Waals surface area (Å²) in [5.74, 6) is 0. The molecule has 0 N–H and O–H groups in total. The minimum Gasteiger partial charge on any atom is -0.409 e. The maximum atomic E-state index is 7.03. The summed E-state index contributed by atoms with van der Waals surface area (Å²) in [7, 11) is 0.257. The van der Waals surface area contributed by atoms with Crippen LogP contribution in [-0.4, -0.2) is 27.1 Å². The van der Waals surface area contributed by atoms with Gasteiger partial charge in [-0.2, -0.15) is 0 Å². The first kappa shape index (κ1) is 23.1. The molecule has 0 saturated heterocycles. The molecule has 0 aliphatic heterocycles.